The monoisotopic (exact) mass is 427 g/mol. The summed E-state index contributed by atoms with van der Waals surface area (Å²) in [5.74, 6) is 3.56. The van der Waals surface area contributed by atoms with Crippen molar-refractivity contribution in [1.29, 1.82) is 0 Å². The molecule has 0 bridgehead atoms. The number of nitrogens with zero attached hydrogens (tertiary/aromatic N) is 4. The van der Waals surface area contributed by atoms with Crippen molar-refractivity contribution >= 4 is 5.96 Å². The largest absolute Gasteiger partial charge is 0.493 e. The number of piperidine rings is 1. The highest BCUT2D eigenvalue weighted by molar-refractivity contribution is 5.80. The number of hydroxylamine groups is 1. The maximum absolute atomic E-state index is 5.98. The third kappa shape index (κ3) is 5.57. The normalized spacial score (nSPS) is 18.3. The molecule has 0 amide bonds. The van der Waals surface area contributed by atoms with Crippen LogP contribution in [0.5, 0.6) is 5.75 Å². The molecule has 2 aliphatic heterocycles. The molecular weight excluding hydrogens is 394 g/mol. The molecule has 0 aliphatic carbocycles. The number of hydrogen-bond donors (Lipinski definition) is 1. The molecule has 1 aromatic heterocycles. The van der Waals surface area contributed by atoms with E-state index in [0.717, 1.165) is 49.0 Å². The number of aryl methyl sites for hydroxylation is 1. The van der Waals surface area contributed by atoms with Crippen molar-refractivity contribution in [2.24, 2.45) is 10.9 Å². The molecule has 0 saturated carbocycles. The van der Waals surface area contributed by atoms with Gasteiger partial charge in [-0.3, -0.25) is 0 Å². The van der Waals surface area contributed by atoms with Gasteiger partial charge >= 0.3 is 0 Å². The molecule has 1 N–H and O–H groups in total. The van der Waals surface area contributed by atoms with Crippen LogP contribution in [0.2, 0.25) is 0 Å². The smallest absolute Gasteiger partial charge is 0.222 e. The van der Waals surface area contributed by atoms with Gasteiger partial charge in [0.2, 0.25) is 11.9 Å². The second kappa shape index (κ2) is 9.28. The van der Waals surface area contributed by atoms with E-state index in [1.807, 2.05) is 19.1 Å². The number of hydrogen-bond acceptors (Lipinski definition) is 8. The van der Waals surface area contributed by atoms with Crippen molar-refractivity contribution in [2.45, 2.75) is 52.4 Å². The van der Waals surface area contributed by atoms with E-state index in [1.54, 1.807) is 6.20 Å². The number of likely N-dealkylation sites (tertiary alicyclic amines) is 1. The Kier molecular flexibility index (Phi) is 6.48. The molecule has 168 valence electrons. The van der Waals surface area contributed by atoms with Crippen LogP contribution in [0.1, 0.15) is 43.9 Å². The summed E-state index contributed by atoms with van der Waals surface area (Å²) in [7, 11) is 2.13. The Hall–Kier alpha value is -2.58. The standard InChI is InChI=1S/C23H33N5O3/c1-17(2)16-29-20-7-5-19(6-8-20)14-28(15-21-24-13-18(3)30-21)22-25-23(31-26-22)9-11-27(4)12-10-23/h5-8,13,17H,9-12,14-16H2,1-4H3,(H,25,26). The number of ether oxygens (including phenoxy) is 1. The average molecular weight is 428 g/mol. The molecule has 8 nitrogen and oxygen atoms in total. The molecule has 8 heteroatoms. The zero-order chi connectivity index (χ0) is 21.8. The van der Waals surface area contributed by atoms with Crippen LogP contribution >= 0.6 is 0 Å². The lowest BCUT2D eigenvalue weighted by molar-refractivity contribution is -0.0875. The number of aromatic nitrogens is 1. The molecule has 1 saturated heterocycles. The topological polar surface area (TPSA) is 75.4 Å². The Labute approximate surface area is 184 Å². The van der Waals surface area contributed by atoms with Crippen molar-refractivity contribution in [3.05, 3.63) is 47.7 Å². The minimum absolute atomic E-state index is 0.485. The minimum atomic E-state index is -0.485. The van der Waals surface area contributed by atoms with E-state index in [9.17, 15) is 0 Å². The van der Waals surface area contributed by atoms with Gasteiger partial charge in [0.05, 0.1) is 19.3 Å². The van der Waals surface area contributed by atoms with Gasteiger partial charge in [-0.15, -0.1) is 0 Å². The summed E-state index contributed by atoms with van der Waals surface area (Å²) in [4.78, 5) is 19.7. The Balaban J connectivity index is 1.49. The van der Waals surface area contributed by atoms with Crippen LogP contribution in [0, 0.1) is 12.8 Å². The van der Waals surface area contributed by atoms with Crippen LogP contribution in [-0.4, -0.2) is 53.2 Å². The first-order valence-corrected chi connectivity index (χ1v) is 11.0. The van der Waals surface area contributed by atoms with Gasteiger partial charge in [0.15, 0.2) is 5.72 Å². The van der Waals surface area contributed by atoms with Gasteiger partial charge in [-0.1, -0.05) is 26.0 Å². The molecule has 0 radical (unpaired) electrons. The fourth-order valence-corrected chi connectivity index (χ4v) is 3.71. The first-order valence-electron chi connectivity index (χ1n) is 11.0. The first-order chi connectivity index (χ1) is 14.9. The fraction of sp³-hybridized carbons (Fsp3) is 0.565. The van der Waals surface area contributed by atoms with Gasteiger partial charge in [-0.2, -0.15) is 0 Å². The van der Waals surface area contributed by atoms with Gasteiger partial charge in [0.25, 0.3) is 0 Å². The highest BCUT2D eigenvalue weighted by Gasteiger charge is 2.40. The molecule has 1 spiro atoms. The van der Waals surface area contributed by atoms with E-state index in [0.29, 0.717) is 31.5 Å². The lowest BCUT2D eigenvalue weighted by Crippen LogP contribution is -2.43. The molecule has 2 aliphatic rings. The highest BCUT2D eigenvalue weighted by Crippen LogP contribution is 2.30. The average Bonchev–Trinajstić information content (AvgIpc) is 3.36. The van der Waals surface area contributed by atoms with Crippen molar-refractivity contribution in [3.8, 4) is 5.75 Å². The Bertz CT molecular complexity index is 885. The van der Waals surface area contributed by atoms with Gasteiger partial charge in [-0.25, -0.2) is 20.3 Å². The first kappa shape index (κ1) is 21.6. The molecule has 0 atom stereocenters. The maximum atomic E-state index is 5.98. The van der Waals surface area contributed by atoms with Crippen LogP contribution in [0.3, 0.4) is 0 Å². The molecule has 4 rings (SSSR count). The predicted molar refractivity (Wildman–Crippen MR) is 118 cm³/mol. The minimum Gasteiger partial charge on any atom is -0.493 e. The number of rotatable bonds is 7. The third-order valence-electron chi connectivity index (χ3n) is 5.59. The van der Waals surface area contributed by atoms with E-state index in [2.05, 4.69) is 53.3 Å². The van der Waals surface area contributed by atoms with Crippen LogP contribution in [0.4, 0.5) is 0 Å². The summed E-state index contributed by atoms with van der Waals surface area (Å²) in [6, 6.07) is 8.21. The zero-order valence-electron chi connectivity index (χ0n) is 18.9. The van der Waals surface area contributed by atoms with Crippen molar-refractivity contribution < 1.29 is 14.0 Å². The molecular formula is C23H33N5O3. The summed E-state index contributed by atoms with van der Waals surface area (Å²) < 4.78 is 11.5. The number of benzene rings is 1. The fourth-order valence-electron chi connectivity index (χ4n) is 3.71. The van der Waals surface area contributed by atoms with Crippen LogP contribution in [0.25, 0.3) is 0 Å². The van der Waals surface area contributed by atoms with E-state index < -0.39 is 5.72 Å². The van der Waals surface area contributed by atoms with Gasteiger partial charge in [0.1, 0.15) is 11.5 Å². The number of oxazole rings is 1. The third-order valence-corrected chi connectivity index (χ3v) is 5.59. The molecule has 31 heavy (non-hydrogen) atoms. The summed E-state index contributed by atoms with van der Waals surface area (Å²) in [6.07, 6.45) is 3.48. The van der Waals surface area contributed by atoms with Crippen LogP contribution in [-0.2, 0) is 17.9 Å². The number of aliphatic imine (C=N–C) groups is 1. The molecule has 3 heterocycles. The quantitative estimate of drug-likeness (QED) is 0.726. The van der Waals surface area contributed by atoms with Gasteiger partial charge in [-0.05, 0) is 37.6 Å². The highest BCUT2D eigenvalue weighted by atomic mass is 16.7. The predicted octanol–water partition coefficient (Wildman–Crippen LogP) is 3.33. The molecule has 2 aromatic rings. The van der Waals surface area contributed by atoms with Crippen LogP contribution in [0.15, 0.2) is 39.9 Å². The number of guanidine groups is 1. The van der Waals surface area contributed by atoms with Gasteiger partial charge in [0, 0.05) is 32.5 Å². The second-order valence-electron chi connectivity index (χ2n) is 8.96. The van der Waals surface area contributed by atoms with E-state index >= 15 is 0 Å². The Morgan fingerprint density at radius 1 is 1.19 bits per heavy atom. The summed E-state index contributed by atoms with van der Waals surface area (Å²) in [5.41, 5.74) is 3.75. The summed E-state index contributed by atoms with van der Waals surface area (Å²) >= 11 is 0. The van der Waals surface area contributed by atoms with Crippen molar-refractivity contribution in [1.82, 2.24) is 20.3 Å². The van der Waals surface area contributed by atoms with E-state index in [1.165, 1.54) is 0 Å². The van der Waals surface area contributed by atoms with Crippen LogP contribution < -0.4 is 10.2 Å². The summed E-state index contributed by atoms with van der Waals surface area (Å²) in [5, 5.41) is 0. The number of nitrogens with one attached hydrogen (secondary N) is 1. The Morgan fingerprint density at radius 2 is 1.94 bits per heavy atom. The van der Waals surface area contributed by atoms with Crippen molar-refractivity contribution in [2.75, 3.05) is 26.7 Å². The molecule has 1 aromatic carbocycles. The lowest BCUT2D eigenvalue weighted by Gasteiger charge is -2.33. The SMILES string of the molecule is Cc1cnc(CN(Cc2ccc(OCC(C)C)cc2)C2=NC3(CCN(C)CC3)ON2)o1. The van der Waals surface area contributed by atoms with E-state index in [-0.39, 0.29) is 0 Å². The lowest BCUT2D eigenvalue weighted by atomic mass is 10.0. The molecule has 0 unspecified atom stereocenters. The van der Waals surface area contributed by atoms with Gasteiger partial charge < -0.3 is 19.0 Å². The second-order valence-corrected chi connectivity index (χ2v) is 8.96. The molecule has 1 fully saturated rings. The van der Waals surface area contributed by atoms with E-state index in [4.69, 9.17) is 19.0 Å². The summed E-state index contributed by atoms with van der Waals surface area (Å²) in [6.45, 7) is 9.99. The maximum Gasteiger partial charge on any atom is 0.222 e. The zero-order valence-corrected chi connectivity index (χ0v) is 18.9. The Morgan fingerprint density at radius 3 is 2.58 bits per heavy atom. The van der Waals surface area contributed by atoms with Crippen molar-refractivity contribution in [3.63, 3.8) is 0 Å².